The molecule has 1 N–H and O–H groups in total. The number of hydrogen-bond acceptors (Lipinski definition) is 4. The average Bonchev–Trinajstić information content (AvgIpc) is 2.10. The number of esters is 1. The third-order valence-corrected chi connectivity index (χ3v) is 1.69. The Morgan fingerprint density at radius 1 is 1.50 bits per heavy atom. The molecular weight excluding hydrogens is 184 g/mol. The molecule has 4 heteroatoms. The lowest BCUT2D eigenvalue weighted by molar-refractivity contribution is -0.131. The van der Waals surface area contributed by atoms with Crippen LogP contribution >= 0.6 is 0 Å². The molecule has 74 valence electrons. The van der Waals surface area contributed by atoms with Gasteiger partial charge in [-0.15, -0.1) is 0 Å². The molecule has 0 aliphatic rings. The zero-order chi connectivity index (χ0) is 10.7. The topological polar surface area (TPSA) is 63.6 Å². The van der Waals surface area contributed by atoms with Crippen molar-refractivity contribution in [3.63, 3.8) is 0 Å². The first-order chi connectivity index (χ1) is 6.54. The molecule has 0 aliphatic heterocycles. The van der Waals surface area contributed by atoms with Gasteiger partial charge in [0.2, 0.25) is 0 Å². The summed E-state index contributed by atoms with van der Waals surface area (Å²) in [5.41, 5.74) is 0.604. The number of hydrogen-bond donors (Lipinski definition) is 1. The fraction of sp³-hybridized carbons (Fsp3) is 0.200. The summed E-state index contributed by atoms with van der Waals surface area (Å²) in [7, 11) is 0. The highest BCUT2D eigenvalue weighted by atomic mass is 16.5. The summed E-state index contributed by atoms with van der Waals surface area (Å²) in [5, 5.41) is 9.38. The van der Waals surface area contributed by atoms with Crippen LogP contribution in [0.3, 0.4) is 0 Å². The number of phenolic OH excluding ortho intramolecular Hbond substituents is 1. The minimum atomic E-state index is -0.466. The predicted octanol–water partition coefficient (Wildman–Crippen LogP) is 1.44. The van der Waals surface area contributed by atoms with Gasteiger partial charge in [0.15, 0.2) is 6.29 Å². The van der Waals surface area contributed by atoms with Crippen LogP contribution in [0.5, 0.6) is 11.5 Å². The van der Waals surface area contributed by atoms with Gasteiger partial charge in [0, 0.05) is 6.92 Å². The van der Waals surface area contributed by atoms with Gasteiger partial charge in [-0.05, 0) is 24.6 Å². The smallest absolute Gasteiger partial charge is 0.308 e. The van der Waals surface area contributed by atoms with E-state index in [-0.39, 0.29) is 17.1 Å². The highest BCUT2D eigenvalue weighted by Crippen LogP contribution is 2.26. The van der Waals surface area contributed by atoms with Crippen LogP contribution in [0, 0.1) is 6.92 Å². The normalized spacial score (nSPS) is 9.57. The fourth-order valence-electron chi connectivity index (χ4n) is 1.09. The molecule has 4 nitrogen and oxygen atoms in total. The maximum absolute atomic E-state index is 10.6. The van der Waals surface area contributed by atoms with E-state index in [0.717, 1.165) is 0 Å². The molecule has 0 amide bonds. The number of aryl methyl sites for hydroxylation is 1. The van der Waals surface area contributed by atoms with Crippen LogP contribution < -0.4 is 4.74 Å². The first kappa shape index (κ1) is 10.2. The van der Waals surface area contributed by atoms with E-state index >= 15 is 0 Å². The number of benzene rings is 1. The van der Waals surface area contributed by atoms with E-state index in [2.05, 4.69) is 0 Å². The van der Waals surface area contributed by atoms with Crippen molar-refractivity contribution in [3.05, 3.63) is 23.3 Å². The standard InChI is InChI=1S/C10H10O4/c1-6-3-9(14-7(2)12)4-8(5-11)10(6)13/h3-5,13H,1-2H3. The van der Waals surface area contributed by atoms with Crippen LogP contribution in [0.4, 0.5) is 0 Å². The van der Waals surface area contributed by atoms with E-state index in [1.807, 2.05) is 0 Å². The molecule has 0 fully saturated rings. The molecule has 1 rings (SSSR count). The van der Waals surface area contributed by atoms with Crippen molar-refractivity contribution in [1.29, 1.82) is 0 Å². The monoisotopic (exact) mass is 194 g/mol. The molecule has 0 saturated heterocycles. The van der Waals surface area contributed by atoms with Gasteiger partial charge in [-0.3, -0.25) is 9.59 Å². The van der Waals surface area contributed by atoms with Gasteiger partial charge in [-0.2, -0.15) is 0 Å². The van der Waals surface area contributed by atoms with Crippen molar-refractivity contribution >= 4 is 12.3 Å². The summed E-state index contributed by atoms with van der Waals surface area (Å²) in [4.78, 5) is 21.2. The SMILES string of the molecule is CC(=O)Oc1cc(C)c(O)c(C=O)c1. The lowest BCUT2D eigenvalue weighted by Gasteiger charge is -2.06. The number of aldehydes is 1. The molecule has 0 aliphatic carbocycles. The van der Waals surface area contributed by atoms with Crippen molar-refractivity contribution in [2.75, 3.05) is 0 Å². The Kier molecular flexibility index (Phi) is 2.86. The Bertz CT molecular complexity index is 382. The van der Waals surface area contributed by atoms with Crippen LogP contribution in [0.2, 0.25) is 0 Å². The first-order valence-electron chi connectivity index (χ1n) is 4.02. The summed E-state index contributed by atoms with van der Waals surface area (Å²) in [6, 6.07) is 2.81. The van der Waals surface area contributed by atoms with E-state index in [9.17, 15) is 14.7 Å². The summed E-state index contributed by atoms with van der Waals surface area (Å²) >= 11 is 0. The number of rotatable bonds is 2. The summed E-state index contributed by atoms with van der Waals surface area (Å²) < 4.78 is 4.78. The van der Waals surface area contributed by atoms with Crippen LogP contribution in [-0.4, -0.2) is 17.4 Å². The van der Waals surface area contributed by atoms with Crippen molar-refractivity contribution in [2.24, 2.45) is 0 Å². The van der Waals surface area contributed by atoms with Crippen molar-refractivity contribution < 1.29 is 19.4 Å². The maximum Gasteiger partial charge on any atom is 0.308 e. The summed E-state index contributed by atoms with van der Waals surface area (Å²) in [5.74, 6) is -0.294. The Morgan fingerprint density at radius 2 is 2.14 bits per heavy atom. The summed E-state index contributed by atoms with van der Waals surface area (Å²) in [6.45, 7) is 2.89. The molecule has 0 aromatic heterocycles. The molecule has 0 unspecified atom stereocenters. The second kappa shape index (κ2) is 3.91. The molecule has 1 aromatic rings. The Balaban J connectivity index is 3.15. The van der Waals surface area contributed by atoms with Crippen molar-refractivity contribution in [1.82, 2.24) is 0 Å². The minimum Gasteiger partial charge on any atom is -0.507 e. The van der Waals surface area contributed by atoms with Gasteiger partial charge in [0.05, 0.1) is 5.56 Å². The lowest BCUT2D eigenvalue weighted by atomic mass is 10.1. The van der Waals surface area contributed by atoms with E-state index in [1.165, 1.54) is 19.1 Å². The Morgan fingerprint density at radius 3 is 2.64 bits per heavy atom. The largest absolute Gasteiger partial charge is 0.507 e. The Labute approximate surface area is 81.1 Å². The van der Waals surface area contributed by atoms with Gasteiger partial charge in [-0.1, -0.05) is 0 Å². The molecule has 14 heavy (non-hydrogen) atoms. The van der Waals surface area contributed by atoms with E-state index < -0.39 is 5.97 Å². The van der Waals surface area contributed by atoms with Crippen LogP contribution in [-0.2, 0) is 4.79 Å². The van der Waals surface area contributed by atoms with E-state index in [4.69, 9.17) is 4.74 Å². The second-order valence-corrected chi connectivity index (χ2v) is 2.89. The molecular formula is C10H10O4. The number of ether oxygens (including phenoxy) is 1. The van der Waals surface area contributed by atoms with E-state index in [0.29, 0.717) is 11.8 Å². The van der Waals surface area contributed by atoms with Gasteiger partial charge < -0.3 is 9.84 Å². The molecule has 0 radical (unpaired) electrons. The minimum absolute atomic E-state index is 0.0871. The van der Waals surface area contributed by atoms with Gasteiger partial charge in [0.1, 0.15) is 11.5 Å². The maximum atomic E-state index is 10.6. The third kappa shape index (κ3) is 2.10. The number of aromatic hydroxyl groups is 1. The zero-order valence-corrected chi connectivity index (χ0v) is 7.90. The average molecular weight is 194 g/mol. The van der Waals surface area contributed by atoms with Gasteiger partial charge >= 0.3 is 5.97 Å². The van der Waals surface area contributed by atoms with Crippen molar-refractivity contribution in [2.45, 2.75) is 13.8 Å². The molecule has 0 bridgehead atoms. The van der Waals surface area contributed by atoms with Crippen LogP contribution in [0.25, 0.3) is 0 Å². The number of carbonyl (C=O) groups excluding carboxylic acids is 2. The molecule has 0 saturated carbocycles. The quantitative estimate of drug-likeness (QED) is 0.439. The predicted molar refractivity (Wildman–Crippen MR) is 49.5 cm³/mol. The first-order valence-corrected chi connectivity index (χ1v) is 4.02. The third-order valence-electron chi connectivity index (χ3n) is 1.69. The van der Waals surface area contributed by atoms with E-state index in [1.54, 1.807) is 6.92 Å². The highest BCUT2D eigenvalue weighted by molar-refractivity contribution is 5.81. The van der Waals surface area contributed by atoms with Gasteiger partial charge in [0.25, 0.3) is 0 Å². The number of carbonyl (C=O) groups is 2. The van der Waals surface area contributed by atoms with Crippen LogP contribution in [0.1, 0.15) is 22.8 Å². The molecule has 0 spiro atoms. The highest BCUT2D eigenvalue weighted by Gasteiger charge is 2.08. The van der Waals surface area contributed by atoms with Crippen LogP contribution in [0.15, 0.2) is 12.1 Å². The number of phenols is 1. The fourth-order valence-corrected chi connectivity index (χ4v) is 1.09. The molecule has 0 heterocycles. The Hall–Kier alpha value is -1.84. The lowest BCUT2D eigenvalue weighted by Crippen LogP contribution is -2.02. The summed E-state index contributed by atoms with van der Waals surface area (Å²) in [6.07, 6.45) is 0.509. The van der Waals surface area contributed by atoms with Crippen molar-refractivity contribution in [3.8, 4) is 11.5 Å². The molecule has 0 atom stereocenters. The second-order valence-electron chi connectivity index (χ2n) is 2.89. The zero-order valence-electron chi connectivity index (χ0n) is 7.90. The molecule has 1 aromatic carbocycles. The van der Waals surface area contributed by atoms with Gasteiger partial charge in [-0.25, -0.2) is 0 Å².